The summed E-state index contributed by atoms with van der Waals surface area (Å²) in [6.45, 7) is 11.5. The molecule has 1 aromatic heterocycles. The summed E-state index contributed by atoms with van der Waals surface area (Å²) in [6, 6.07) is 4.90. The van der Waals surface area contributed by atoms with Crippen LogP contribution in [0.5, 0.6) is 0 Å². The summed E-state index contributed by atoms with van der Waals surface area (Å²) in [6.07, 6.45) is -3.55. The van der Waals surface area contributed by atoms with Crippen LogP contribution in [0.3, 0.4) is 0 Å². The summed E-state index contributed by atoms with van der Waals surface area (Å²) in [5, 5.41) is 15.5. The number of hydrogen-bond donors (Lipinski definition) is 2. The minimum absolute atomic E-state index is 0.0184. The van der Waals surface area contributed by atoms with Gasteiger partial charge in [-0.3, -0.25) is 0 Å². The van der Waals surface area contributed by atoms with Crippen molar-refractivity contribution in [2.75, 3.05) is 23.8 Å². The zero-order valence-corrected chi connectivity index (χ0v) is 24.6. The molecule has 1 fully saturated rings. The van der Waals surface area contributed by atoms with E-state index < -0.39 is 37.8 Å². The van der Waals surface area contributed by atoms with Crippen molar-refractivity contribution in [1.82, 2.24) is 9.97 Å². The van der Waals surface area contributed by atoms with Crippen LogP contribution in [0, 0.1) is 17.2 Å². The number of nitrogens with one attached hydrogen (secondary N) is 2. The highest BCUT2D eigenvalue weighted by molar-refractivity contribution is 9.10. The lowest BCUT2D eigenvalue weighted by molar-refractivity contribution is -0.137. The van der Waals surface area contributed by atoms with E-state index in [-0.39, 0.29) is 17.6 Å². The van der Waals surface area contributed by atoms with E-state index >= 15 is 0 Å². The molecule has 0 radical (unpaired) electrons. The van der Waals surface area contributed by atoms with Gasteiger partial charge in [0, 0.05) is 23.0 Å². The van der Waals surface area contributed by atoms with Gasteiger partial charge in [-0.15, -0.1) is 0 Å². The van der Waals surface area contributed by atoms with Crippen LogP contribution in [0.2, 0.25) is 23.2 Å². The van der Waals surface area contributed by atoms with E-state index in [1.54, 1.807) is 12.1 Å². The van der Waals surface area contributed by atoms with Crippen LogP contribution < -0.4 is 10.6 Å². The highest BCUT2D eigenvalue weighted by Crippen LogP contribution is 2.39. The molecule has 0 amide bonds. The van der Waals surface area contributed by atoms with Gasteiger partial charge in [-0.05, 0) is 58.2 Å². The summed E-state index contributed by atoms with van der Waals surface area (Å²) >= 11 is 9.92. The topological polar surface area (TPSA) is 92.1 Å². The fourth-order valence-electron chi connectivity index (χ4n) is 3.40. The molecule has 3 rings (SSSR count). The van der Waals surface area contributed by atoms with Crippen LogP contribution in [0.1, 0.15) is 38.3 Å². The third kappa shape index (κ3) is 7.35. The number of nitrogens with zero attached hydrogens (tertiary/aromatic N) is 3. The Labute approximate surface area is 229 Å². The summed E-state index contributed by atoms with van der Waals surface area (Å²) in [7, 11) is -2.04. The van der Waals surface area contributed by atoms with Crippen molar-refractivity contribution in [2.45, 2.75) is 64.1 Å². The molecule has 0 bridgehead atoms. The van der Waals surface area contributed by atoms with Gasteiger partial charge < -0.3 is 19.8 Å². The van der Waals surface area contributed by atoms with Gasteiger partial charge in [0.25, 0.3) is 0 Å². The molecule has 0 unspecified atom stereocenters. The van der Waals surface area contributed by atoms with E-state index in [1.165, 1.54) is 0 Å². The predicted molar refractivity (Wildman–Crippen MR) is 143 cm³/mol. The van der Waals surface area contributed by atoms with Crippen molar-refractivity contribution >= 4 is 53.3 Å². The standard InChI is InChI=1S/C24H30BrClF3N5O2Si/c1-23(2,3)37(4,5)36-12-15-8-16(9-18(26)20(15)25)32-22-31-11-17(24(27,28)29)21(34-22)33-19-13-35-7-6-14(19)10-30/h8-9,11,14,19H,6-7,12-13H2,1-5H3,(H2,31,32,33,34)/t14-,19+/m0/s1. The maximum Gasteiger partial charge on any atom is 0.421 e. The Balaban J connectivity index is 1.89. The molecule has 0 aliphatic carbocycles. The van der Waals surface area contributed by atoms with Gasteiger partial charge in [0.05, 0.1) is 36.3 Å². The molecule has 1 aromatic carbocycles. The van der Waals surface area contributed by atoms with Crippen LogP contribution in [0.25, 0.3) is 0 Å². The third-order valence-electron chi connectivity index (χ3n) is 6.69. The molecule has 37 heavy (non-hydrogen) atoms. The number of anilines is 3. The van der Waals surface area contributed by atoms with E-state index in [1.807, 2.05) is 0 Å². The Morgan fingerprint density at radius 3 is 2.62 bits per heavy atom. The first-order valence-corrected chi connectivity index (χ1v) is 15.8. The van der Waals surface area contributed by atoms with Gasteiger partial charge in [0.15, 0.2) is 8.32 Å². The smallest absolute Gasteiger partial charge is 0.413 e. The first kappa shape index (κ1) is 29.6. The molecule has 2 atom stereocenters. The lowest BCUT2D eigenvalue weighted by Gasteiger charge is -2.36. The zero-order chi connectivity index (χ0) is 27.6. The number of benzene rings is 1. The minimum atomic E-state index is -4.69. The second kappa shape index (κ2) is 11.5. The fourth-order valence-corrected chi connectivity index (χ4v) is 4.93. The van der Waals surface area contributed by atoms with Crippen molar-refractivity contribution < 1.29 is 22.3 Å². The van der Waals surface area contributed by atoms with Crippen molar-refractivity contribution in [2.24, 2.45) is 5.92 Å². The van der Waals surface area contributed by atoms with E-state index in [0.29, 0.717) is 41.0 Å². The van der Waals surface area contributed by atoms with Gasteiger partial charge in [-0.2, -0.15) is 23.4 Å². The van der Waals surface area contributed by atoms with Crippen molar-refractivity contribution in [1.29, 1.82) is 5.26 Å². The summed E-state index contributed by atoms with van der Waals surface area (Å²) < 4.78 is 53.4. The van der Waals surface area contributed by atoms with Gasteiger partial charge in [-0.25, -0.2) is 4.98 Å². The normalized spacial score (nSPS) is 18.8. The molecule has 0 spiro atoms. The average Bonchev–Trinajstić information content (AvgIpc) is 2.79. The number of halogens is 5. The van der Waals surface area contributed by atoms with Crippen LogP contribution in [-0.2, 0) is 21.9 Å². The Kier molecular flexibility index (Phi) is 9.17. The molecule has 0 saturated carbocycles. The molecular weight excluding hydrogens is 591 g/mol. The SMILES string of the molecule is CC(C)(C)[Si](C)(C)OCc1cc(Nc2ncc(C(F)(F)F)c(N[C@@H]3COCC[C@H]3C#N)n2)cc(Cl)c1Br. The average molecular weight is 621 g/mol. The Morgan fingerprint density at radius 1 is 1.30 bits per heavy atom. The molecule has 1 aliphatic heterocycles. The van der Waals surface area contributed by atoms with E-state index in [9.17, 15) is 18.4 Å². The highest BCUT2D eigenvalue weighted by Gasteiger charge is 2.38. The molecule has 1 saturated heterocycles. The predicted octanol–water partition coefficient (Wildman–Crippen LogP) is 7.52. The molecule has 7 nitrogen and oxygen atoms in total. The Hall–Kier alpha value is -1.91. The quantitative estimate of drug-likeness (QED) is 0.309. The first-order chi connectivity index (χ1) is 17.1. The van der Waals surface area contributed by atoms with Crippen LogP contribution in [0.15, 0.2) is 22.8 Å². The molecule has 2 heterocycles. The lowest BCUT2D eigenvalue weighted by Crippen LogP contribution is -2.40. The Morgan fingerprint density at radius 2 is 2.00 bits per heavy atom. The fraction of sp³-hybridized carbons (Fsp3) is 0.542. The number of alkyl halides is 3. The minimum Gasteiger partial charge on any atom is -0.413 e. The van der Waals surface area contributed by atoms with Crippen molar-refractivity contribution in [3.8, 4) is 6.07 Å². The van der Waals surface area contributed by atoms with Gasteiger partial charge in [0.2, 0.25) is 5.95 Å². The number of rotatable bonds is 7. The molecule has 2 aromatic rings. The first-order valence-electron chi connectivity index (χ1n) is 11.7. The second-order valence-electron chi connectivity index (χ2n) is 10.4. The number of hydrogen-bond acceptors (Lipinski definition) is 7. The van der Waals surface area contributed by atoms with E-state index in [0.717, 1.165) is 5.56 Å². The lowest BCUT2D eigenvalue weighted by atomic mass is 9.96. The maximum absolute atomic E-state index is 13.7. The summed E-state index contributed by atoms with van der Waals surface area (Å²) in [5.74, 6) is -0.990. The largest absolute Gasteiger partial charge is 0.421 e. The molecule has 2 N–H and O–H groups in total. The van der Waals surface area contributed by atoms with Crippen LogP contribution in [0.4, 0.5) is 30.6 Å². The summed E-state index contributed by atoms with van der Waals surface area (Å²) in [5.41, 5.74) is 0.238. The van der Waals surface area contributed by atoms with Gasteiger partial charge >= 0.3 is 6.18 Å². The second-order valence-corrected chi connectivity index (χ2v) is 16.4. The molecule has 1 aliphatic rings. The number of nitriles is 1. The van der Waals surface area contributed by atoms with Gasteiger partial charge in [-0.1, -0.05) is 32.4 Å². The number of ether oxygens (including phenoxy) is 1. The molecule has 202 valence electrons. The van der Waals surface area contributed by atoms with Crippen molar-refractivity contribution in [3.63, 3.8) is 0 Å². The van der Waals surface area contributed by atoms with Crippen molar-refractivity contribution in [3.05, 3.63) is 39.0 Å². The monoisotopic (exact) mass is 619 g/mol. The maximum atomic E-state index is 13.7. The van der Waals surface area contributed by atoms with E-state index in [4.69, 9.17) is 20.8 Å². The molecular formula is C24H30BrClF3N5O2Si. The highest BCUT2D eigenvalue weighted by atomic mass is 79.9. The number of aromatic nitrogens is 2. The molecule has 13 heteroatoms. The van der Waals surface area contributed by atoms with E-state index in [2.05, 4.69) is 76.5 Å². The van der Waals surface area contributed by atoms with Crippen LogP contribution in [-0.4, -0.2) is 37.5 Å². The van der Waals surface area contributed by atoms with Crippen LogP contribution >= 0.6 is 27.5 Å². The Bertz CT molecular complexity index is 1170. The summed E-state index contributed by atoms with van der Waals surface area (Å²) in [4.78, 5) is 7.97. The third-order valence-corrected chi connectivity index (χ3v) is 12.6. The zero-order valence-electron chi connectivity index (χ0n) is 21.3. The van der Waals surface area contributed by atoms with Gasteiger partial charge in [0.1, 0.15) is 11.4 Å².